The van der Waals surface area contributed by atoms with Gasteiger partial charge in [0.05, 0.1) is 0 Å². The van der Waals surface area contributed by atoms with E-state index in [2.05, 4.69) is 60.6 Å². The molecule has 1 aromatic rings. The van der Waals surface area contributed by atoms with Gasteiger partial charge in [-0.1, -0.05) is 17.7 Å². The average Bonchev–Trinajstić information content (AvgIpc) is 2.39. The molecule has 1 aliphatic heterocycles. The van der Waals surface area contributed by atoms with Crippen molar-refractivity contribution in [3.05, 3.63) is 29.8 Å². The molecule has 1 aliphatic rings. The number of aryl methyl sites for hydroxylation is 1. The summed E-state index contributed by atoms with van der Waals surface area (Å²) < 4.78 is 5.94. The van der Waals surface area contributed by atoms with Crippen LogP contribution in [0.1, 0.15) is 5.56 Å². The maximum Gasteiger partial charge on any atom is 0.183 e. The van der Waals surface area contributed by atoms with Crippen LogP contribution in [-0.2, 0) is 4.43 Å². The molecule has 0 atom stereocenters. The van der Waals surface area contributed by atoms with Gasteiger partial charge in [-0.05, 0) is 38.7 Å². The van der Waals surface area contributed by atoms with Gasteiger partial charge in [0.1, 0.15) is 0 Å². The van der Waals surface area contributed by atoms with Crippen molar-refractivity contribution in [1.82, 2.24) is 4.90 Å². The lowest BCUT2D eigenvalue weighted by atomic mass is 10.2. The summed E-state index contributed by atoms with van der Waals surface area (Å²) in [4.78, 5) is 5.00. The number of hydrogen-bond acceptors (Lipinski definition) is 3. The van der Waals surface area contributed by atoms with E-state index in [9.17, 15) is 0 Å². The monoisotopic (exact) mass is 292 g/mol. The van der Waals surface area contributed by atoms with Gasteiger partial charge in [-0.15, -0.1) is 0 Å². The fraction of sp³-hybridized carbons (Fsp3) is 0.625. The Bertz CT molecular complexity index is 405. The molecule has 0 saturated carbocycles. The minimum absolute atomic E-state index is 0.889. The van der Waals surface area contributed by atoms with Crippen molar-refractivity contribution in [3.63, 3.8) is 0 Å². The van der Waals surface area contributed by atoms with E-state index >= 15 is 0 Å². The number of benzene rings is 1. The number of piperazine rings is 1. The van der Waals surface area contributed by atoms with Crippen molar-refractivity contribution in [2.24, 2.45) is 0 Å². The number of hydrogen-bond donors (Lipinski definition) is 0. The molecule has 0 unspecified atom stereocenters. The molecule has 0 N–H and O–H groups in total. The summed E-state index contributed by atoms with van der Waals surface area (Å²) in [5.74, 6) is 0. The third-order valence-electron chi connectivity index (χ3n) is 3.71. The first-order chi connectivity index (χ1) is 9.44. The summed E-state index contributed by atoms with van der Waals surface area (Å²) in [5, 5.41) is 0. The third kappa shape index (κ3) is 4.92. The molecule has 1 saturated heterocycles. The van der Waals surface area contributed by atoms with Crippen molar-refractivity contribution in [1.29, 1.82) is 0 Å². The van der Waals surface area contributed by atoms with Crippen molar-refractivity contribution in [2.45, 2.75) is 26.6 Å². The van der Waals surface area contributed by atoms with E-state index < -0.39 is 8.32 Å². The molecule has 0 bridgehead atoms. The molecule has 4 heteroatoms. The third-order valence-corrected chi connectivity index (χ3v) is 4.78. The summed E-state index contributed by atoms with van der Waals surface area (Å²) in [7, 11) is -1.35. The van der Waals surface area contributed by atoms with Gasteiger partial charge in [0, 0.05) is 45.0 Å². The van der Waals surface area contributed by atoms with Crippen LogP contribution in [0.25, 0.3) is 0 Å². The lowest BCUT2D eigenvalue weighted by molar-refractivity contribution is 0.197. The molecular weight excluding hydrogens is 264 g/mol. The van der Waals surface area contributed by atoms with Gasteiger partial charge >= 0.3 is 0 Å². The predicted octanol–water partition coefficient (Wildman–Crippen LogP) is 2.97. The first kappa shape index (κ1) is 15.5. The van der Waals surface area contributed by atoms with Crippen LogP contribution in [0, 0.1) is 6.92 Å². The van der Waals surface area contributed by atoms with Gasteiger partial charge < -0.3 is 9.33 Å². The topological polar surface area (TPSA) is 15.7 Å². The van der Waals surface area contributed by atoms with Crippen LogP contribution in [-0.4, -0.2) is 52.5 Å². The predicted molar refractivity (Wildman–Crippen MR) is 89.1 cm³/mol. The molecule has 0 amide bonds. The highest BCUT2D eigenvalue weighted by Gasteiger charge is 2.18. The second-order valence-electron chi connectivity index (χ2n) is 6.63. The summed E-state index contributed by atoms with van der Waals surface area (Å²) in [6, 6.07) is 8.87. The standard InChI is InChI=1S/C16H28N2OSi/c1-15-5-7-16(8-6-15)18-11-9-17(10-12-18)13-14-19-20(2,3)4/h5-8H,9-14H2,1-4H3. The van der Waals surface area contributed by atoms with Crippen LogP contribution in [0.4, 0.5) is 5.69 Å². The SMILES string of the molecule is Cc1ccc(N2CCN(CCO[Si](C)(C)C)CC2)cc1. The minimum atomic E-state index is -1.35. The molecular formula is C16H28N2OSi. The smallest absolute Gasteiger partial charge is 0.183 e. The molecule has 0 aliphatic carbocycles. The van der Waals surface area contributed by atoms with Gasteiger partial charge in [-0.3, -0.25) is 4.90 Å². The molecule has 0 spiro atoms. The fourth-order valence-electron chi connectivity index (χ4n) is 2.47. The van der Waals surface area contributed by atoms with Crippen LogP contribution in [0.3, 0.4) is 0 Å². The van der Waals surface area contributed by atoms with Crippen molar-refractivity contribution in [2.75, 3.05) is 44.2 Å². The molecule has 1 aromatic carbocycles. The van der Waals surface area contributed by atoms with Crippen molar-refractivity contribution in [3.8, 4) is 0 Å². The highest BCUT2D eigenvalue weighted by Crippen LogP contribution is 2.17. The average molecular weight is 292 g/mol. The Hall–Kier alpha value is -0.843. The van der Waals surface area contributed by atoms with Crippen LogP contribution in [0.2, 0.25) is 19.6 Å². The number of anilines is 1. The zero-order valence-electron chi connectivity index (χ0n) is 13.4. The van der Waals surface area contributed by atoms with Crippen LogP contribution >= 0.6 is 0 Å². The molecule has 1 fully saturated rings. The van der Waals surface area contributed by atoms with Gasteiger partial charge in [-0.2, -0.15) is 0 Å². The van der Waals surface area contributed by atoms with E-state index in [1.165, 1.54) is 11.3 Å². The Balaban J connectivity index is 1.74. The van der Waals surface area contributed by atoms with E-state index in [1.54, 1.807) is 0 Å². The van der Waals surface area contributed by atoms with Gasteiger partial charge in [0.15, 0.2) is 8.32 Å². The van der Waals surface area contributed by atoms with E-state index in [4.69, 9.17) is 4.43 Å². The van der Waals surface area contributed by atoms with Gasteiger partial charge in [0.25, 0.3) is 0 Å². The van der Waals surface area contributed by atoms with E-state index in [-0.39, 0.29) is 0 Å². The Morgan fingerprint density at radius 2 is 1.60 bits per heavy atom. The Morgan fingerprint density at radius 3 is 2.15 bits per heavy atom. The Morgan fingerprint density at radius 1 is 1.00 bits per heavy atom. The maximum atomic E-state index is 5.94. The van der Waals surface area contributed by atoms with Gasteiger partial charge in [0.2, 0.25) is 0 Å². The molecule has 20 heavy (non-hydrogen) atoms. The molecule has 3 nitrogen and oxygen atoms in total. The minimum Gasteiger partial charge on any atom is -0.416 e. The van der Waals surface area contributed by atoms with E-state index in [1.807, 2.05) is 0 Å². The molecule has 2 rings (SSSR count). The summed E-state index contributed by atoms with van der Waals surface area (Å²) >= 11 is 0. The summed E-state index contributed by atoms with van der Waals surface area (Å²) in [5.41, 5.74) is 2.68. The normalized spacial score (nSPS) is 17.5. The quantitative estimate of drug-likeness (QED) is 0.776. The largest absolute Gasteiger partial charge is 0.416 e. The second kappa shape index (κ2) is 6.74. The molecule has 1 heterocycles. The number of rotatable bonds is 5. The fourth-order valence-corrected chi connectivity index (χ4v) is 3.17. The lowest BCUT2D eigenvalue weighted by Crippen LogP contribution is -2.47. The highest BCUT2D eigenvalue weighted by atomic mass is 28.4. The molecule has 0 radical (unpaired) electrons. The Labute approximate surface area is 124 Å². The molecule has 0 aromatic heterocycles. The first-order valence-electron chi connectivity index (χ1n) is 7.62. The highest BCUT2D eigenvalue weighted by molar-refractivity contribution is 6.69. The van der Waals surface area contributed by atoms with Crippen LogP contribution < -0.4 is 4.90 Å². The first-order valence-corrected chi connectivity index (χ1v) is 11.0. The summed E-state index contributed by atoms with van der Waals surface area (Å²) in [6.07, 6.45) is 0. The van der Waals surface area contributed by atoms with Crippen molar-refractivity contribution < 1.29 is 4.43 Å². The number of nitrogens with zero attached hydrogens (tertiary/aromatic N) is 2. The van der Waals surface area contributed by atoms with Crippen LogP contribution in [0.15, 0.2) is 24.3 Å². The van der Waals surface area contributed by atoms with E-state index in [0.29, 0.717) is 0 Å². The molecule has 112 valence electrons. The zero-order chi connectivity index (χ0) is 14.6. The second-order valence-corrected chi connectivity index (χ2v) is 11.1. The maximum absolute atomic E-state index is 5.94. The van der Waals surface area contributed by atoms with Gasteiger partial charge in [-0.25, -0.2) is 0 Å². The Kier molecular flexibility index (Phi) is 5.24. The summed E-state index contributed by atoms with van der Waals surface area (Å²) in [6.45, 7) is 15.4. The lowest BCUT2D eigenvalue weighted by Gasteiger charge is -2.36. The van der Waals surface area contributed by atoms with E-state index in [0.717, 1.165) is 39.3 Å². The zero-order valence-corrected chi connectivity index (χ0v) is 14.4. The van der Waals surface area contributed by atoms with Crippen LogP contribution in [0.5, 0.6) is 0 Å². The van der Waals surface area contributed by atoms with Crippen molar-refractivity contribution >= 4 is 14.0 Å².